The molecule has 0 aromatic carbocycles. The Kier molecular flexibility index (Phi) is 48.1. The molecule has 0 aliphatic carbocycles. The molecular formula is C50H98Al2O6. The van der Waals surface area contributed by atoms with Gasteiger partial charge in [0.15, 0.2) is 11.6 Å². The van der Waals surface area contributed by atoms with Crippen molar-refractivity contribution in [3.63, 3.8) is 0 Å². The Morgan fingerprint density at radius 2 is 0.862 bits per heavy atom. The number of hydrogen-bond donors (Lipinski definition) is 0. The van der Waals surface area contributed by atoms with E-state index in [9.17, 15) is 9.59 Å². The third-order valence-corrected chi connectivity index (χ3v) is 7.42. The molecular weight excluding hydrogens is 751 g/mol. The van der Waals surface area contributed by atoms with E-state index in [1.165, 1.54) is 120 Å². The maximum Gasteiger partial charge on any atom is 0.497 e. The van der Waals surface area contributed by atoms with E-state index in [0.717, 1.165) is 35.5 Å². The summed E-state index contributed by atoms with van der Waals surface area (Å²) in [5, 5.41) is 0. The van der Waals surface area contributed by atoms with Crippen molar-refractivity contribution in [3.05, 3.63) is 24.0 Å². The minimum atomic E-state index is -0.227. The summed E-state index contributed by atoms with van der Waals surface area (Å²) < 4.78 is 19.9. The SMILES string of the molecule is C.C#CC#CC#CC#CC#CC#CC#CC#CC#CC#CC#COC(=CC(C)=O)[O][AlH].CCCCCCCCCCCCCCCCCCC(=O)C=C([O][AlH])OCC.[HH].[HH].[HH].[HH].[HH].[HH].[HH].[HH].[HH].[HH].[HH].[HH].[HH].[HH].[HH].[HH].[HH].[HH].[HH].[HH].[HH].[HH]. The van der Waals surface area contributed by atoms with Crippen molar-refractivity contribution in [1.29, 1.82) is 0 Å². The average Bonchev–Trinajstić information content (AvgIpc) is 3.20. The Morgan fingerprint density at radius 3 is 1.19 bits per heavy atom. The van der Waals surface area contributed by atoms with E-state index in [0.29, 0.717) is 19.0 Å². The topological polar surface area (TPSA) is 71.1 Å². The molecule has 0 amide bonds. The first-order chi connectivity index (χ1) is 27.9. The van der Waals surface area contributed by atoms with Crippen LogP contribution in [0.5, 0.6) is 0 Å². The van der Waals surface area contributed by atoms with E-state index in [-0.39, 0.29) is 56.3 Å². The number of rotatable bonds is 24. The largest absolute Gasteiger partial charge is 0.624 e. The Hall–Kier alpha value is -5.76. The lowest BCUT2D eigenvalue weighted by atomic mass is 10.0. The monoisotopic (exact) mass is 849 g/mol. The van der Waals surface area contributed by atoms with Crippen LogP contribution in [0, 0.1) is 131 Å². The van der Waals surface area contributed by atoms with Gasteiger partial charge in [-0.25, -0.2) is 0 Å². The lowest BCUT2D eigenvalue weighted by molar-refractivity contribution is -0.115. The maximum absolute atomic E-state index is 11.8. The third kappa shape index (κ3) is 48.3. The maximum atomic E-state index is 11.8. The summed E-state index contributed by atoms with van der Waals surface area (Å²) in [6.45, 7) is 6.05. The number of carbonyl (C=O) groups is 2. The van der Waals surface area contributed by atoms with Gasteiger partial charge in [0.05, 0.1) is 18.8 Å². The number of ketones is 2. The molecule has 2 radical (unpaired) electrons. The molecule has 0 aliphatic rings. The van der Waals surface area contributed by atoms with Crippen LogP contribution in [0.4, 0.5) is 0 Å². The van der Waals surface area contributed by atoms with Crippen LogP contribution in [-0.2, 0) is 26.6 Å². The third-order valence-electron chi connectivity index (χ3n) is 6.85. The van der Waals surface area contributed by atoms with Gasteiger partial charge in [-0.1, -0.05) is 111 Å². The molecule has 0 heterocycles. The van der Waals surface area contributed by atoms with Gasteiger partial charge in [0.1, 0.15) is 6.11 Å². The number of ether oxygens (including phenoxy) is 2. The second-order valence-electron chi connectivity index (χ2n) is 11.5. The van der Waals surface area contributed by atoms with E-state index < -0.39 is 0 Å². The summed E-state index contributed by atoms with van der Waals surface area (Å²) in [6, 6.07) is 0. The first-order valence-corrected chi connectivity index (χ1v) is 20.2. The fraction of sp³-hybridized carbons (Fsp3) is 0.440. The molecule has 0 saturated carbocycles. The Labute approximate surface area is 401 Å². The van der Waals surface area contributed by atoms with Crippen molar-refractivity contribution in [2.24, 2.45) is 0 Å². The van der Waals surface area contributed by atoms with E-state index >= 15 is 0 Å². The van der Waals surface area contributed by atoms with Gasteiger partial charge in [-0.2, -0.15) is 0 Å². The van der Waals surface area contributed by atoms with Crippen molar-refractivity contribution >= 4 is 44.8 Å². The van der Waals surface area contributed by atoms with E-state index in [2.05, 4.69) is 131 Å². The van der Waals surface area contributed by atoms with Crippen molar-refractivity contribution < 1.29 is 58.0 Å². The van der Waals surface area contributed by atoms with Crippen LogP contribution in [0.2, 0.25) is 0 Å². The second kappa shape index (κ2) is 49.3. The van der Waals surface area contributed by atoms with Crippen LogP contribution in [0.1, 0.15) is 169 Å². The Morgan fingerprint density at radius 1 is 0.517 bits per heavy atom. The smallest absolute Gasteiger partial charge is 0.497 e. The lowest BCUT2D eigenvalue weighted by Crippen LogP contribution is -2.01. The van der Waals surface area contributed by atoms with Gasteiger partial charge in [-0.3, -0.25) is 9.59 Å². The molecule has 0 spiro atoms. The molecule has 0 bridgehead atoms. The number of allylic oxidation sites excluding steroid dienone is 2. The molecule has 0 N–H and O–H groups in total. The van der Waals surface area contributed by atoms with Crippen molar-refractivity contribution in [2.75, 3.05) is 6.61 Å². The molecule has 0 saturated heterocycles. The number of terminal acetylenes is 1. The predicted octanol–water partition coefficient (Wildman–Crippen LogP) is 12.9. The quantitative estimate of drug-likeness (QED) is 0.0317. The zero-order valence-electron chi connectivity index (χ0n) is 33.8. The molecule has 6 nitrogen and oxygen atoms in total. The van der Waals surface area contributed by atoms with Crippen LogP contribution in [-0.4, -0.2) is 51.4 Å². The summed E-state index contributed by atoms with van der Waals surface area (Å²) in [5.41, 5.74) is 0. The fourth-order valence-electron chi connectivity index (χ4n) is 4.25. The Balaban J connectivity index is -0.0000000256. The zero-order valence-corrected chi connectivity index (χ0v) is 36.7. The number of unbranched alkanes of at least 4 members (excludes halogenated alkanes) is 15. The van der Waals surface area contributed by atoms with Crippen LogP contribution >= 0.6 is 0 Å². The normalized spacial score (nSPS) is 8.45. The molecule has 0 aliphatic heterocycles. The van der Waals surface area contributed by atoms with Gasteiger partial charge in [0.25, 0.3) is 5.95 Å². The highest BCUT2D eigenvalue weighted by atomic mass is 27.1. The minimum Gasteiger partial charge on any atom is -0.624 e. The highest BCUT2D eigenvalue weighted by molar-refractivity contribution is 5.99. The van der Waals surface area contributed by atoms with Crippen LogP contribution < -0.4 is 0 Å². The fourth-order valence-corrected chi connectivity index (χ4v) is 4.56. The second-order valence-corrected chi connectivity index (χ2v) is 12.1. The van der Waals surface area contributed by atoms with E-state index in [1.807, 2.05) is 6.92 Å². The van der Waals surface area contributed by atoms with E-state index in [1.54, 1.807) is 0 Å². The molecule has 8 heteroatoms. The highest BCUT2D eigenvalue weighted by Crippen LogP contribution is 2.14. The zero-order chi connectivity index (χ0) is 42.1. The molecule has 0 atom stereocenters. The van der Waals surface area contributed by atoms with Crippen molar-refractivity contribution in [3.8, 4) is 131 Å². The predicted molar refractivity (Wildman–Crippen MR) is 285 cm³/mol. The minimum absolute atomic E-state index is 0. The van der Waals surface area contributed by atoms with Gasteiger partial charge in [-0.15, -0.1) is 6.42 Å². The summed E-state index contributed by atoms with van der Waals surface area (Å²) in [5.74, 6) is 48.8. The van der Waals surface area contributed by atoms with Crippen LogP contribution in [0.3, 0.4) is 0 Å². The average molecular weight is 849 g/mol. The van der Waals surface area contributed by atoms with Crippen molar-refractivity contribution in [1.82, 2.24) is 0 Å². The summed E-state index contributed by atoms with van der Waals surface area (Å²) >= 11 is 2.49. The molecule has 0 unspecified atom stereocenters. The molecule has 0 aromatic rings. The van der Waals surface area contributed by atoms with Gasteiger partial charge in [0, 0.05) is 109 Å². The number of hydrogen-bond acceptors (Lipinski definition) is 6. The van der Waals surface area contributed by atoms with Gasteiger partial charge in [-0.05, 0) is 67.6 Å². The molecule has 58 heavy (non-hydrogen) atoms. The van der Waals surface area contributed by atoms with Gasteiger partial charge in [0.2, 0.25) is 5.95 Å². The lowest BCUT2D eigenvalue weighted by Gasteiger charge is -2.08. The van der Waals surface area contributed by atoms with E-state index in [4.69, 9.17) is 23.5 Å². The summed E-state index contributed by atoms with van der Waals surface area (Å²) in [6.07, 6.45) is 32.0. The molecule has 0 rings (SSSR count). The van der Waals surface area contributed by atoms with Gasteiger partial charge < -0.3 is 17.1 Å². The highest BCUT2D eigenvalue weighted by Gasteiger charge is 2.03. The first-order valence-electron chi connectivity index (χ1n) is 19.0. The molecule has 0 aromatic heterocycles. The number of carbonyl (C=O) groups excluding carboxylic acids is 2. The van der Waals surface area contributed by atoms with Gasteiger partial charge >= 0.3 is 33.2 Å². The standard InChI is InChI=1S/C26H6O3.C23H44O3.CH4.2Al.22H2.2H/c1-3-4-5-6-7-8-9-10-11-12-13-14-15-16-17-18-19-20-21-22-23-29-26(28)24-25(2)27;1-3-5-6-7-8-9-10-11-12-13-14-15-16-17-18-19-20-22(24)21-23(25)26-4-2;;;;;;;;;;;;;;;;;;;;;;;;;;;/h1,24,28H,2H3;21,25H,3-20H2,1-2H3;1H4;;;22*1H;;/q;;;2*+1;;;;;;;;;;;;;;;;;;;;;;;;/p-2. The Bertz CT molecular complexity index is 2040. The molecule has 0 fully saturated rings. The van der Waals surface area contributed by atoms with Crippen molar-refractivity contribution in [2.45, 2.75) is 137 Å². The van der Waals surface area contributed by atoms with Crippen LogP contribution in [0.15, 0.2) is 24.0 Å². The van der Waals surface area contributed by atoms with Crippen LogP contribution in [0.25, 0.3) is 0 Å². The first kappa shape index (κ1) is 56.6. The summed E-state index contributed by atoms with van der Waals surface area (Å²) in [7, 11) is 0. The molecule has 340 valence electrons. The summed E-state index contributed by atoms with van der Waals surface area (Å²) in [4.78, 5) is 22.7.